The minimum atomic E-state index is -0.296. The van der Waals surface area contributed by atoms with Gasteiger partial charge >= 0.3 is 0 Å². The Balaban J connectivity index is 1.54. The summed E-state index contributed by atoms with van der Waals surface area (Å²) in [6, 6.07) is 14.6. The first-order valence-corrected chi connectivity index (χ1v) is 9.60. The van der Waals surface area contributed by atoms with Crippen LogP contribution in [0, 0.1) is 0 Å². The molecule has 2 amide bonds. The Morgan fingerprint density at radius 2 is 2.04 bits per heavy atom. The van der Waals surface area contributed by atoms with Crippen molar-refractivity contribution in [1.82, 2.24) is 9.88 Å². The highest BCUT2D eigenvalue weighted by Gasteiger charge is 2.29. The highest BCUT2D eigenvalue weighted by atomic mass is 35.5. The monoisotopic (exact) mass is 396 g/mol. The number of primary amides is 1. The zero-order chi connectivity index (χ0) is 19.7. The van der Waals surface area contributed by atoms with Gasteiger partial charge in [-0.05, 0) is 55.3 Å². The van der Waals surface area contributed by atoms with Crippen molar-refractivity contribution < 1.29 is 9.59 Å². The number of para-hydroxylation sites is 1. The number of halogens is 1. The lowest BCUT2D eigenvalue weighted by Crippen LogP contribution is -2.39. The maximum Gasteiger partial charge on any atom is 0.272 e. The maximum atomic E-state index is 12.8. The molecular formula is C21H21ClN4O2. The van der Waals surface area contributed by atoms with Gasteiger partial charge in [0.05, 0.1) is 6.04 Å². The number of nitrogens with zero attached hydrogens (tertiary/aromatic N) is 1. The molecule has 6 nitrogen and oxygen atoms in total. The van der Waals surface area contributed by atoms with Crippen molar-refractivity contribution in [2.45, 2.75) is 25.4 Å². The van der Waals surface area contributed by atoms with E-state index >= 15 is 0 Å². The number of carbonyl (C=O) groups excluding carboxylic acids is 2. The molecule has 0 spiro atoms. The van der Waals surface area contributed by atoms with Gasteiger partial charge in [0.25, 0.3) is 5.91 Å². The molecule has 1 fully saturated rings. The van der Waals surface area contributed by atoms with Crippen molar-refractivity contribution in [3.63, 3.8) is 0 Å². The number of hydrogen-bond acceptors (Lipinski definition) is 3. The van der Waals surface area contributed by atoms with E-state index in [2.05, 4.69) is 15.2 Å². The van der Waals surface area contributed by atoms with E-state index in [4.69, 9.17) is 17.3 Å². The predicted octanol–water partition coefficient (Wildman–Crippen LogP) is 3.52. The van der Waals surface area contributed by atoms with Crippen LogP contribution in [0.5, 0.6) is 0 Å². The van der Waals surface area contributed by atoms with Crippen molar-refractivity contribution in [2.24, 2.45) is 5.73 Å². The van der Waals surface area contributed by atoms with E-state index in [-0.39, 0.29) is 17.9 Å². The fourth-order valence-corrected chi connectivity index (χ4v) is 3.93. The number of benzene rings is 2. The quantitative estimate of drug-likeness (QED) is 0.616. The third kappa shape index (κ3) is 3.74. The second kappa shape index (κ2) is 7.66. The van der Waals surface area contributed by atoms with Crippen molar-refractivity contribution >= 4 is 40.0 Å². The van der Waals surface area contributed by atoms with Gasteiger partial charge < -0.3 is 16.0 Å². The second-order valence-electron chi connectivity index (χ2n) is 7.06. The number of nitrogens with two attached hydrogens (primary N) is 1. The van der Waals surface area contributed by atoms with E-state index in [1.54, 1.807) is 12.1 Å². The lowest BCUT2D eigenvalue weighted by atomic mass is 10.1. The van der Waals surface area contributed by atoms with E-state index in [1.165, 1.54) is 0 Å². The Kier molecular flexibility index (Phi) is 5.07. The Morgan fingerprint density at radius 1 is 1.21 bits per heavy atom. The summed E-state index contributed by atoms with van der Waals surface area (Å²) in [5.41, 5.74) is 8.50. The number of anilines is 1. The number of aromatic amines is 1. The molecule has 0 radical (unpaired) electrons. The molecule has 0 aliphatic carbocycles. The molecule has 2 aromatic carbocycles. The van der Waals surface area contributed by atoms with Gasteiger partial charge in [-0.25, -0.2) is 0 Å². The van der Waals surface area contributed by atoms with E-state index in [0.717, 1.165) is 41.5 Å². The molecule has 3 aromatic rings. The first-order valence-electron chi connectivity index (χ1n) is 9.22. The van der Waals surface area contributed by atoms with E-state index in [0.29, 0.717) is 17.3 Å². The van der Waals surface area contributed by atoms with Crippen molar-refractivity contribution in [3.05, 3.63) is 64.8 Å². The zero-order valence-electron chi connectivity index (χ0n) is 15.2. The fraction of sp³-hybridized carbons (Fsp3) is 0.238. The first-order chi connectivity index (χ1) is 13.5. The van der Waals surface area contributed by atoms with E-state index in [9.17, 15) is 9.59 Å². The number of likely N-dealkylation sites (tertiary alicyclic amines) is 1. The minimum Gasteiger partial charge on any atom is -0.368 e. The van der Waals surface area contributed by atoms with E-state index in [1.807, 2.05) is 36.4 Å². The summed E-state index contributed by atoms with van der Waals surface area (Å²) in [6.07, 6.45) is 1.72. The van der Waals surface area contributed by atoms with Gasteiger partial charge in [-0.2, -0.15) is 0 Å². The lowest BCUT2D eigenvalue weighted by molar-refractivity contribution is -0.122. The third-order valence-electron chi connectivity index (χ3n) is 5.16. The van der Waals surface area contributed by atoms with Crippen LogP contribution in [0.3, 0.4) is 0 Å². The summed E-state index contributed by atoms with van der Waals surface area (Å²) in [5, 5.41) is 4.48. The lowest BCUT2D eigenvalue weighted by Gasteiger charge is -2.23. The highest BCUT2D eigenvalue weighted by Crippen LogP contribution is 2.25. The number of carbonyl (C=O) groups is 2. The zero-order valence-corrected chi connectivity index (χ0v) is 16.0. The standard InChI is InChI=1S/C21H21ClN4O2/c22-15-7-8-17-14(10-15)11-18(24-17)21(28)25-16-5-2-1-4-13(16)12-26-9-3-6-19(26)20(23)27/h1-2,4-5,7-8,10-11,19,24H,3,6,9,12H2,(H2,23,27)(H,25,28). The molecule has 1 aliphatic rings. The van der Waals surface area contributed by atoms with Crippen LogP contribution in [0.15, 0.2) is 48.5 Å². The number of nitrogens with one attached hydrogen (secondary N) is 2. The molecule has 4 N–H and O–H groups in total. The van der Waals surface area contributed by atoms with Crippen LogP contribution < -0.4 is 11.1 Å². The highest BCUT2D eigenvalue weighted by molar-refractivity contribution is 6.31. The summed E-state index contributed by atoms with van der Waals surface area (Å²) < 4.78 is 0. The minimum absolute atomic E-state index is 0.229. The molecule has 1 aromatic heterocycles. The summed E-state index contributed by atoms with van der Waals surface area (Å²) in [5.74, 6) is -0.525. The summed E-state index contributed by atoms with van der Waals surface area (Å²) in [4.78, 5) is 29.6. The Labute approximate surface area is 167 Å². The number of fused-ring (bicyclic) bond motifs is 1. The summed E-state index contributed by atoms with van der Waals surface area (Å²) in [7, 11) is 0. The molecule has 4 rings (SSSR count). The molecule has 2 heterocycles. The van der Waals surface area contributed by atoms with Gasteiger partial charge in [-0.3, -0.25) is 14.5 Å². The maximum absolute atomic E-state index is 12.8. The molecule has 28 heavy (non-hydrogen) atoms. The van der Waals surface area contributed by atoms with Crippen LogP contribution in [0.25, 0.3) is 10.9 Å². The summed E-state index contributed by atoms with van der Waals surface area (Å²) >= 11 is 6.02. The SMILES string of the molecule is NC(=O)C1CCCN1Cc1ccccc1NC(=O)c1cc2cc(Cl)ccc2[nH]1. The number of amides is 2. The third-order valence-corrected chi connectivity index (χ3v) is 5.39. The number of hydrogen-bond donors (Lipinski definition) is 3. The van der Waals surface area contributed by atoms with Crippen molar-refractivity contribution in [3.8, 4) is 0 Å². The number of aromatic nitrogens is 1. The topological polar surface area (TPSA) is 91.2 Å². The van der Waals surface area contributed by atoms with Crippen LogP contribution in [0.1, 0.15) is 28.9 Å². The smallest absolute Gasteiger partial charge is 0.272 e. The second-order valence-corrected chi connectivity index (χ2v) is 7.49. The molecule has 1 saturated heterocycles. The van der Waals surface area contributed by atoms with Crippen LogP contribution in [-0.2, 0) is 11.3 Å². The van der Waals surface area contributed by atoms with Crippen molar-refractivity contribution in [1.29, 1.82) is 0 Å². The van der Waals surface area contributed by atoms with Gasteiger partial charge in [-0.1, -0.05) is 29.8 Å². The van der Waals surface area contributed by atoms with Gasteiger partial charge in [0.2, 0.25) is 5.91 Å². The largest absolute Gasteiger partial charge is 0.368 e. The normalized spacial score (nSPS) is 17.1. The molecule has 1 atom stereocenters. The fourth-order valence-electron chi connectivity index (χ4n) is 3.75. The molecule has 144 valence electrons. The number of rotatable bonds is 5. The predicted molar refractivity (Wildman–Crippen MR) is 110 cm³/mol. The Hall–Kier alpha value is -2.83. The summed E-state index contributed by atoms with van der Waals surface area (Å²) in [6.45, 7) is 1.38. The number of H-pyrrole nitrogens is 1. The molecule has 1 aliphatic heterocycles. The van der Waals surface area contributed by atoms with Gasteiger partial charge in [0.15, 0.2) is 0 Å². The molecule has 0 bridgehead atoms. The molecule has 0 saturated carbocycles. The van der Waals surface area contributed by atoms with E-state index < -0.39 is 0 Å². The molecule has 1 unspecified atom stereocenters. The molecular weight excluding hydrogens is 376 g/mol. The Bertz CT molecular complexity index is 1050. The molecule has 7 heteroatoms. The van der Waals surface area contributed by atoms with Gasteiger partial charge in [0, 0.05) is 28.2 Å². The average molecular weight is 397 g/mol. The van der Waals surface area contributed by atoms with Gasteiger partial charge in [0.1, 0.15) is 5.69 Å². The van der Waals surface area contributed by atoms with Crippen LogP contribution in [0.2, 0.25) is 5.02 Å². The van der Waals surface area contributed by atoms with Gasteiger partial charge in [-0.15, -0.1) is 0 Å². The first kappa shape index (κ1) is 18.5. The van der Waals surface area contributed by atoms with Crippen LogP contribution in [-0.4, -0.2) is 34.3 Å². The van der Waals surface area contributed by atoms with Crippen molar-refractivity contribution in [2.75, 3.05) is 11.9 Å². The average Bonchev–Trinajstić information content (AvgIpc) is 3.29. The van der Waals surface area contributed by atoms with Crippen LogP contribution >= 0.6 is 11.6 Å². The Morgan fingerprint density at radius 3 is 2.86 bits per heavy atom. The van der Waals surface area contributed by atoms with Crippen LogP contribution in [0.4, 0.5) is 5.69 Å².